The van der Waals surface area contributed by atoms with E-state index in [4.69, 9.17) is 9.15 Å². The van der Waals surface area contributed by atoms with Gasteiger partial charge < -0.3 is 14.5 Å². The van der Waals surface area contributed by atoms with E-state index in [9.17, 15) is 0 Å². The molecule has 4 heteroatoms. The fourth-order valence-electron chi connectivity index (χ4n) is 2.45. The molecule has 3 aromatic carbocycles. The standard InChI is InChI=1S/C21H16N2O2/c1-3-8-16(9-4-1)20-15-22-21(25-20)23-17-10-7-13-19(14-17)24-18-11-5-2-6-12-18/h1-15H,(H,22,23). The van der Waals surface area contributed by atoms with Crippen LogP contribution in [0.3, 0.4) is 0 Å². The van der Waals surface area contributed by atoms with E-state index in [0.717, 1.165) is 28.5 Å². The largest absolute Gasteiger partial charge is 0.457 e. The molecule has 122 valence electrons. The minimum absolute atomic E-state index is 0.440. The van der Waals surface area contributed by atoms with E-state index >= 15 is 0 Å². The SMILES string of the molecule is c1ccc(Oc2cccc(Nc3ncc(-c4ccccc4)o3)c2)cc1. The molecule has 1 heterocycles. The minimum Gasteiger partial charge on any atom is -0.457 e. The zero-order valence-electron chi connectivity index (χ0n) is 13.4. The van der Waals surface area contributed by atoms with Gasteiger partial charge in [0.15, 0.2) is 5.76 Å². The van der Waals surface area contributed by atoms with Crippen LogP contribution in [0.15, 0.2) is 95.5 Å². The molecule has 0 radical (unpaired) electrons. The van der Waals surface area contributed by atoms with Crippen LogP contribution in [-0.2, 0) is 0 Å². The maximum atomic E-state index is 5.84. The fraction of sp³-hybridized carbons (Fsp3) is 0. The molecule has 1 aromatic heterocycles. The first-order valence-corrected chi connectivity index (χ1v) is 7.98. The van der Waals surface area contributed by atoms with Crippen LogP contribution in [0.5, 0.6) is 11.5 Å². The number of rotatable bonds is 5. The van der Waals surface area contributed by atoms with Gasteiger partial charge in [0.05, 0.1) is 6.20 Å². The van der Waals surface area contributed by atoms with Gasteiger partial charge in [-0.15, -0.1) is 0 Å². The second kappa shape index (κ2) is 6.93. The van der Waals surface area contributed by atoms with Crippen molar-refractivity contribution in [1.29, 1.82) is 0 Å². The normalized spacial score (nSPS) is 10.4. The minimum atomic E-state index is 0.440. The molecule has 0 spiro atoms. The van der Waals surface area contributed by atoms with Crippen LogP contribution in [0.25, 0.3) is 11.3 Å². The van der Waals surface area contributed by atoms with Crippen molar-refractivity contribution in [2.45, 2.75) is 0 Å². The van der Waals surface area contributed by atoms with Gasteiger partial charge in [0.2, 0.25) is 0 Å². The molecule has 0 saturated heterocycles. The highest BCUT2D eigenvalue weighted by atomic mass is 16.5. The molecular formula is C21H16N2O2. The number of nitrogens with one attached hydrogen (secondary N) is 1. The molecule has 0 atom stereocenters. The van der Waals surface area contributed by atoms with E-state index in [1.807, 2.05) is 84.9 Å². The first-order valence-electron chi connectivity index (χ1n) is 7.98. The number of ether oxygens (including phenoxy) is 1. The van der Waals surface area contributed by atoms with Crippen molar-refractivity contribution < 1.29 is 9.15 Å². The van der Waals surface area contributed by atoms with E-state index in [1.165, 1.54) is 0 Å². The molecule has 4 aromatic rings. The summed E-state index contributed by atoms with van der Waals surface area (Å²) in [5.74, 6) is 2.26. The monoisotopic (exact) mass is 328 g/mol. The molecule has 25 heavy (non-hydrogen) atoms. The third-order valence-electron chi connectivity index (χ3n) is 3.63. The van der Waals surface area contributed by atoms with Crippen LogP contribution in [0.4, 0.5) is 11.7 Å². The second-order valence-corrected chi connectivity index (χ2v) is 5.46. The van der Waals surface area contributed by atoms with Crippen LogP contribution < -0.4 is 10.1 Å². The third kappa shape index (κ3) is 3.70. The Morgan fingerprint density at radius 3 is 2.28 bits per heavy atom. The van der Waals surface area contributed by atoms with Crippen LogP contribution in [0.2, 0.25) is 0 Å². The van der Waals surface area contributed by atoms with Crippen LogP contribution >= 0.6 is 0 Å². The Hall–Kier alpha value is -3.53. The predicted octanol–water partition coefficient (Wildman–Crippen LogP) is 5.88. The van der Waals surface area contributed by atoms with Crippen LogP contribution in [0, 0.1) is 0 Å². The van der Waals surface area contributed by atoms with E-state index in [-0.39, 0.29) is 0 Å². The summed E-state index contributed by atoms with van der Waals surface area (Å²) < 4.78 is 11.6. The van der Waals surface area contributed by atoms with Crippen molar-refractivity contribution in [3.63, 3.8) is 0 Å². The molecule has 0 bridgehead atoms. The highest BCUT2D eigenvalue weighted by Crippen LogP contribution is 2.27. The number of anilines is 2. The van der Waals surface area contributed by atoms with Gasteiger partial charge in [-0.3, -0.25) is 0 Å². The lowest BCUT2D eigenvalue weighted by Crippen LogP contribution is -1.91. The molecule has 0 amide bonds. The average Bonchev–Trinajstić information content (AvgIpc) is 3.12. The van der Waals surface area contributed by atoms with E-state index in [2.05, 4.69) is 10.3 Å². The topological polar surface area (TPSA) is 47.3 Å². The Morgan fingerprint density at radius 1 is 0.760 bits per heavy atom. The number of benzene rings is 3. The predicted molar refractivity (Wildman–Crippen MR) is 98.2 cm³/mol. The Kier molecular flexibility index (Phi) is 4.16. The molecule has 0 unspecified atom stereocenters. The highest BCUT2D eigenvalue weighted by Gasteiger charge is 2.07. The van der Waals surface area contributed by atoms with E-state index < -0.39 is 0 Å². The molecular weight excluding hydrogens is 312 g/mol. The molecule has 0 aliphatic heterocycles. The highest BCUT2D eigenvalue weighted by molar-refractivity contribution is 5.60. The summed E-state index contributed by atoms with van der Waals surface area (Å²) in [6.07, 6.45) is 1.71. The van der Waals surface area contributed by atoms with Crippen molar-refractivity contribution in [1.82, 2.24) is 4.98 Å². The van der Waals surface area contributed by atoms with Gasteiger partial charge in [-0.25, -0.2) is 4.98 Å². The number of hydrogen-bond donors (Lipinski definition) is 1. The second-order valence-electron chi connectivity index (χ2n) is 5.46. The van der Waals surface area contributed by atoms with Gasteiger partial charge in [0, 0.05) is 17.3 Å². The summed E-state index contributed by atoms with van der Waals surface area (Å²) in [5.41, 5.74) is 1.83. The van der Waals surface area contributed by atoms with Gasteiger partial charge in [0.1, 0.15) is 11.5 Å². The smallest absolute Gasteiger partial charge is 0.299 e. The number of para-hydroxylation sites is 1. The maximum Gasteiger partial charge on any atom is 0.299 e. The summed E-state index contributed by atoms with van der Waals surface area (Å²) >= 11 is 0. The molecule has 4 rings (SSSR count). The van der Waals surface area contributed by atoms with Gasteiger partial charge in [-0.05, 0) is 24.3 Å². The first-order chi connectivity index (χ1) is 12.4. The summed E-state index contributed by atoms with van der Waals surface area (Å²) in [6.45, 7) is 0. The number of oxazole rings is 1. The number of hydrogen-bond acceptors (Lipinski definition) is 4. The van der Waals surface area contributed by atoms with Crippen molar-refractivity contribution in [3.05, 3.63) is 91.1 Å². The lowest BCUT2D eigenvalue weighted by atomic mass is 10.2. The number of aromatic nitrogens is 1. The fourth-order valence-corrected chi connectivity index (χ4v) is 2.45. The Morgan fingerprint density at radius 2 is 1.48 bits per heavy atom. The van der Waals surface area contributed by atoms with Crippen molar-refractivity contribution in [3.8, 4) is 22.8 Å². The lowest BCUT2D eigenvalue weighted by molar-refractivity contribution is 0.483. The third-order valence-corrected chi connectivity index (χ3v) is 3.63. The summed E-state index contributed by atoms with van der Waals surface area (Å²) in [5, 5.41) is 3.16. The summed E-state index contributed by atoms with van der Waals surface area (Å²) in [4.78, 5) is 4.28. The van der Waals surface area contributed by atoms with E-state index in [1.54, 1.807) is 6.20 Å². The van der Waals surface area contributed by atoms with Gasteiger partial charge >= 0.3 is 0 Å². The number of nitrogens with zero attached hydrogens (tertiary/aromatic N) is 1. The molecule has 0 aliphatic rings. The Labute approximate surface area is 145 Å². The van der Waals surface area contributed by atoms with Crippen molar-refractivity contribution in [2.75, 3.05) is 5.32 Å². The van der Waals surface area contributed by atoms with Crippen molar-refractivity contribution in [2.24, 2.45) is 0 Å². The van der Waals surface area contributed by atoms with Gasteiger partial charge in [-0.2, -0.15) is 0 Å². The Balaban J connectivity index is 1.50. The van der Waals surface area contributed by atoms with Gasteiger partial charge in [-0.1, -0.05) is 54.6 Å². The van der Waals surface area contributed by atoms with E-state index in [0.29, 0.717) is 6.01 Å². The lowest BCUT2D eigenvalue weighted by Gasteiger charge is -2.07. The molecule has 0 fully saturated rings. The Bertz CT molecular complexity index is 950. The zero-order chi connectivity index (χ0) is 16.9. The summed E-state index contributed by atoms with van der Waals surface area (Å²) in [7, 11) is 0. The van der Waals surface area contributed by atoms with Crippen LogP contribution in [0.1, 0.15) is 0 Å². The van der Waals surface area contributed by atoms with Crippen LogP contribution in [-0.4, -0.2) is 4.98 Å². The quantitative estimate of drug-likeness (QED) is 0.497. The molecule has 0 saturated carbocycles. The molecule has 1 N–H and O–H groups in total. The summed E-state index contributed by atoms with van der Waals surface area (Å²) in [6, 6.07) is 27.6. The molecule has 4 nitrogen and oxygen atoms in total. The van der Waals surface area contributed by atoms with Gasteiger partial charge in [0.25, 0.3) is 6.01 Å². The van der Waals surface area contributed by atoms with Crippen molar-refractivity contribution >= 4 is 11.7 Å². The maximum absolute atomic E-state index is 5.84. The molecule has 0 aliphatic carbocycles. The zero-order valence-corrected chi connectivity index (χ0v) is 13.4. The first kappa shape index (κ1) is 15.0. The average molecular weight is 328 g/mol.